The monoisotopic (exact) mass is 305 g/mol. The maximum Gasteiger partial charge on any atom is 0.254 e. The van der Waals surface area contributed by atoms with Crippen molar-refractivity contribution < 1.29 is 9.90 Å². The largest absolute Gasteiger partial charge is 0.393 e. The molecule has 1 saturated carbocycles. The number of aliphatic hydroxyl groups excluding tert-OH is 1. The summed E-state index contributed by atoms with van der Waals surface area (Å²) < 4.78 is 0. The van der Waals surface area contributed by atoms with Crippen LogP contribution in [0.3, 0.4) is 0 Å². The third kappa shape index (κ3) is 4.17. The number of nitrogens with one attached hydrogen (secondary N) is 2. The molecule has 7 nitrogen and oxygen atoms in total. The smallest absolute Gasteiger partial charge is 0.254 e. The number of rotatable bonds is 6. The molecular weight excluding hydrogens is 282 g/mol. The number of hydrogen-bond donors (Lipinski definition) is 4. The lowest BCUT2D eigenvalue weighted by atomic mass is 9.93. The highest BCUT2D eigenvalue weighted by atomic mass is 16.3. The van der Waals surface area contributed by atoms with Crippen LogP contribution in [0.2, 0.25) is 0 Å². The van der Waals surface area contributed by atoms with Crippen LogP contribution in [0, 0.1) is 0 Å². The first-order valence-electron chi connectivity index (χ1n) is 7.55. The molecule has 5 N–H and O–H groups in total. The number of aliphatic hydroxyl groups is 1. The Balaban J connectivity index is 2.16. The fourth-order valence-corrected chi connectivity index (χ4v) is 2.46. The number of amides is 1. The van der Waals surface area contributed by atoms with Gasteiger partial charge in [-0.25, -0.2) is 4.98 Å². The SMILES string of the molecule is C=C(CC)Nc1nc(N[C@@H]2CCC[C@@H](O)C2)ncc1C(N)=O. The van der Waals surface area contributed by atoms with Crippen LogP contribution in [-0.2, 0) is 0 Å². The lowest BCUT2D eigenvalue weighted by Gasteiger charge is -2.26. The lowest BCUT2D eigenvalue weighted by molar-refractivity contribution is 0.100. The summed E-state index contributed by atoms with van der Waals surface area (Å²) in [4.78, 5) is 19.9. The predicted octanol–water partition coefficient (Wildman–Crippen LogP) is 1.63. The Bertz CT molecular complexity index is 561. The number of hydrogen-bond acceptors (Lipinski definition) is 6. The summed E-state index contributed by atoms with van der Waals surface area (Å²) in [5.41, 5.74) is 6.30. The average molecular weight is 305 g/mol. The van der Waals surface area contributed by atoms with E-state index in [1.165, 1.54) is 6.20 Å². The van der Waals surface area contributed by atoms with Gasteiger partial charge >= 0.3 is 0 Å². The summed E-state index contributed by atoms with van der Waals surface area (Å²) in [6.07, 6.45) is 5.27. The Morgan fingerprint density at radius 1 is 1.55 bits per heavy atom. The molecule has 1 heterocycles. The highest BCUT2D eigenvalue weighted by molar-refractivity contribution is 5.97. The van der Waals surface area contributed by atoms with Gasteiger partial charge in [0.2, 0.25) is 5.95 Å². The van der Waals surface area contributed by atoms with Crippen LogP contribution in [0.15, 0.2) is 18.5 Å². The Morgan fingerprint density at radius 2 is 2.32 bits per heavy atom. The van der Waals surface area contributed by atoms with Gasteiger partial charge in [-0.15, -0.1) is 0 Å². The molecule has 1 fully saturated rings. The molecule has 1 aliphatic carbocycles. The lowest BCUT2D eigenvalue weighted by Crippen LogP contribution is -2.30. The Kier molecular flexibility index (Phi) is 5.32. The van der Waals surface area contributed by atoms with Crippen LogP contribution in [-0.4, -0.2) is 33.1 Å². The summed E-state index contributed by atoms with van der Waals surface area (Å²) in [5, 5.41) is 15.9. The number of nitrogens with two attached hydrogens (primary N) is 1. The number of nitrogens with zero attached hydrogens (tertiary/aromatic N) is 2. The molecule has 1 aromatic heterocycles. The zero-order chi connectivity index (χ0) is 16.1. The van der Waals surface area contributed by atoms with Crippen molar-refractivity contribution in [3.8, 4) is 0 Å². The van der Waals surface area contributed by atoms with Gasteiger partial charge in [0, 0.05) is 17.9 Å². The molecule has 0 spiro atoms. The van der Waals surface area contributed by atoms with Crippen molar-refractivity contribution in [1.82, 2.24) is 9.97 Å². The van der Waals surface area contributed by atoms with E-state index in [0.29, 0.717) is 24.6 Å². The van der Waals surface area contributed by atoms with Gasteiger partial charge in [-0.3, -0.25) is 4.79 Å². The van der Waals surface area contributed by atoms with Gasteiger partial charge in [-0.1, -0.05) is 13.5 Å². The highest BCUT2D eigenvalue weighted by Crippen LogP contribution is 2.22. The first-order valence-corrected chi connectivity index (χ1v) is 7.55. The molecule has 0 radical (unpaired) electrons. The van der Waals surface area contributed by atoms with Crippen LogP contribution < -0.4 is 16.4 Å². The zero-order valence-electron chi connectivity index (χ0n) is 12.8. The first-order chi connectivity index (χ1) is 10.5. The molecule has 2 rings (SSSR count). The molecule has 2 atom stereocenters. The number of carbonyl (C=O) groups excluding carboxylic acids is 1. The van der Waals surface area contributed by atoms with Gasteiger partial charge in [-0.2, -0.15) is 4.98 Å². The van der Waals surface area contributed by atoms with Gasteiger partial charge in [-0.05, 0) is 32.1 Å². The topological polar surface area (TPSA) is 113 Å². The Hall–Kier alpha value is -2.15. The van der Waals surface area contributed by atoms with Gasteiger partial charge in [0.25, 0.3) is 5.91 Å². The van der Waals surface area contributed by atoms with Crippen molar-refractivity contribution >= 4 is 17.7 Å². The molecule has 0 aliphatic heterocycles. The van der Waals surface area contributed by atoms with Gasteiger partial charge < -0.3 is 21.5 Å². The van der Waals surface area contributed by atoms with Crippen molar-refractivity contribution in [2.75, 3.05) is 10.6 Å². The number of anilines is 2. The minimum Gasteiger partial charge on any atom is -0.393 e. The molecule has 0 bridgehead atoms. The molecule has 7 heteroatoms. The normalized spacial score (nSPS) is 21.2. The second-order valence-corrected chi connectivity index (χ2v) is 5.56. The summed E-state index contributed by atoms with van der Waals surface area (Å²) in [6.45, 7) is 5.79. The van der Waals surface area contributed by atoms with Crippen molar-refractivity contribution in [1.29, 1.82) is 0 Å². The minimum atomic E-state index is -0.592. The maximum atomic E-state index is 11.5. The van der Waals surface area contributed by atoms with Gasteiger partial charge in [0.1, 0.15) is 11.4 Å². The van der Waals surface area contributed by atoms with Crippen LogP contribution in [0.25, 0.3) is 0 Å². The summed E-state index contributed by atoms with van der Waals surface area (Å²) in [5.74, 6) is 0.176. The van der Waals surface area contributed by atoms with Crippen molar-refractivity contribution in [2.24, 2.45) is 5.73 Å². The summed E-state index contributed by atoms with van der Waals surface area (Å²) >= 11 is 0. The fraction of sp³-hybridized carbons (Fsp3) is 0.533. The molecule has 1 aromatic rings. The van der Waals surface area contributed by atoms with Crippen LogP contribution >= 0.6 is 0 Å². The van der Waals surface area contributed by atoms with E-state index in [2.05, 4.69) is 27.2 Å². The quantitative estimate of drug-likeness (QED) is 0.635. The Morgan fingerprint density at radius 3 is 2.95 bits per heavy atom. The molecule has 0 aromatic carbocycles. The van der Waals surface area contributed by atoms with E-state index in [4.69, 9.17) is 5.73 Å². The van der Waals surface area contributed by atoms with E-state index in [-0.39, 0.29) is 17.7 Å². The van der Waals surface area contributed by atoms with E-state index in [9.17, 15) is 9.90 Å². The average Bonchev–Trinajstić information content (AvgIpc) is 2.47. The van der Waals surface area contributed by atoms with Crippen LogP contribution in [0.5, 0.6) is 0 Å². The van der Waals surface area contributed by atoms with E-state index in [1.54, 1.807) is 0 Å². The minimum absolute atomic E-state index is 0.130. The molecule has 120 valence electrons. The fourth-order valence-electron chi connectivity index (χ4n) is 2.46. The summed E-state index contributed by atoms with van der Waals surface area (Å²) in [6, 6.07) is 0.130. The number of allylic oxidation sites excluding steroid dienone is 1. The molecule has 22 heavy (non-hydrogen) atoms. The second kappa shape index (κ2) is 7.22. The number of carbonyl (C=O) groups is 1. The van der Waals surface area contributed by atoms with Gasteiger partial charge in [0.05, 0.1) is 6.10 Å². The van der Waals surface area contributed by atoms with Crippen molar-refractivity contribution in [2.45, 2.75) is 51.2 Å². The molecule has 1 amide bonds. The third-order valence-electron chi connectivity index (χ3n) is 3.76. The first kappa shape index (κ1) is 16.2. The molecular formula is C15H23N5O2. The van der Waals surface area contributed by atoms with Crippen LogP contribution in [0.4, 0.5) is 11.8 Å². The number of primary amides is 1. The van der Waals surface area contributed by atoms with E-state index >= 15 is 0 Å². The Labute approximate surface area is 130 Å². The van der Waals surface area contributed by atoms with E-state index < -0.39 is 5.91 Å². The standard InChI is InChI=1S/C15H23N5O2/c1-3-9(2)18-14-12(13(16)22)8-17-15(20-14)19-10-5-4-6-11(21)7-10/h8,10-11,21H,2-7H2,1H3,(H2,16,22)(H2,17,18,19,20)/t10-,11-/m1/s1. The van der Waals surface area contributed by atoms with E-state index in [1.807, 2.05) is 6.92 Å². The zero-order valence-corrected chi connectivity index (χ0v) is 12.8. The molecule has 1 aliphatic rings. The van der Waals surface area contributed by atoms with Crippen molar-refractivity contribution in [3.05, 3.63) is 24.0 Å². The van der Waals surface area contributed by atoms with Crippen LogP contribution in [0.1, 0.15) is 49.4 Å². The van der Waals surface area contributed by atoms with Crippen molar-refractivity contribution in [3.63, 3.8) is 0 Å². The third-order valence-corrected chi connectivity index (χ3v) is 3.76. The predicted molar refractivity (Wildman–Crippen MR) is 85.5 cm³/mol. The molecule has 0 saturated heterocycles. The van der Waals surface area contributed by atoms with Gasteiger partial charge in [0.15, 0.2) is 0 Å². The van der Waals surface area contributed by atoms with E-state index in [0.717, 1.165) is 25.0 Å². The summed E-state index contributed by atoms with van der Waals surface area (Å²) in [7, 11) is 0. The second-order valence-electron chi connectivity index (χ2n) is 5.56. The number of aromatic nitrogens is 2. The maximum absolute atomic E-state index is 11.5. The highest BCUT2D eigenvalue weighted by Gasteiger charge is 2.21. The molecule has 0 unspecified atom stereocenters.